The average Bonchev–Trinajstić information content (AvgIpc) is 3.46. The fourth-order valence-corrected chi connectivity index (χ4v) is 6.85. The number of amides is 1. The van der Waals surface area contributed by atoms with Gasteiger partial charge in [-0.15, -0.1) is 23.1 Å². The number of ether oxygens (including phenoxy) is 1. The van der Waals surface area contributed by atoms with Crippen molar-refractivity contribution in [3.8, 4) is 10.6 Å². The van der Waals surface area contributed by atoms with E-state index in [1.54, 1.807) is 30.4 Å². The molecule has 1 fully saturated rings. The number of carbonyl (C=O) groups excluding carboxylic acids is 2. The van der Waals surface area contributed by atoms with Gasteiger partial charge < -0.3 is 10.5 Å². The van der Waals surface area contributed by atoms with E-state index >= 15 is 0 Å². The molecule has 0 spiro atoms. The van der Waals surface area contributed by atoms with Crippen LogP contribution in [0.25, 0.3) is 16.1 Å². The van der Waals surface area contributed by atoms with Crippen LogP contribution in [0.2, 0.25) is 0 Å². The Hall–Kier alpha value is -3.79. The third kappa shape index (κ3) is 4.35. The summed E-state index contributed by atoms with van der Waals surface area (Å²) in [5, 5.41) is 0.515. The quantitative estimate of drug-likeness (QED) is 0.292. The van der Waals surface area contributed by atoms with Gasteiger partial charge in [0, 0.05) is 35.5 Å². The van der Waals surface area contributed by atoms with Crippen LogP contribution in [0, 0.1) is 0 Å². The fourth-order valence-electron chi connectivity index (χ4n) is 4.48. The van der Waals surface area contributed by atoms with Gasteiger partial charge in [0.05, 0.1) is 4.88 Å². The van der Waals surface area contributed by atoms with Gasteiger partial charge in [0.25, 0.3) is 0 Å². The largest absolute Gasteiger partial charge is 0.448 e. The molecule has 6 rings (SSSR count). The van der Waals surface area contributed by atoms with E-state index in [2.05, 4.69) is 9.97 Å². The maximum atomic E-state index is 13.9. The number of benzene rings is 2. The molecule has 2 aliphatic rings. The highest BCUT2D eigenvalue weighted by atomic mass is 32.2. The lowest BCUT2D eigenvalue weighted by Crippen LogP contribution is -2.68. The molecule has 1 saturated heterocycles. The van der Waals surface area contributed by atoms with E-state index in [9.17, 15) is 9.59 Å². The zero-order valence-corrected chi connectivity index (χ0v) is 21.2. The van der Waals surface area contributed by atoms with Gasteiger partial charge in [-0.05, 0) is 23.3 Å². The highest BCUT2D eigenvalue weighted by Gasteiger charge is 2.52. The number of aromatic nitrogens is 2. The Morgan fingerprint density at radius 1 is 1.00 bits per heavy atom. The van der Waals surface area contributed by atoms with Crippen LogP contribution in [0.3, 0.4) is 0 Å². The summed E-state index contributed by atoms with van der Waals surface area (Å²) >= 11 is 3.02. The van der Waals surface area contributed by atoms with Crippen LogP contribution < -0.4 is 5.73 Å². The fraction of sp³-hybridized carbons (Fsp3) is 0.143. The van der Waals surface area contributed by atoms with Gasteiger partial charge in [-0.1, -0.05) is 60.7 Å². The first-order chi connectivity index (χ1) is 18.1. The minimum atomic E-state index is -0.637. The van der Waals surface area contributed by atoms with Crippen LogP contribution in [-0.2, 0) is 14.3 Å². The number of β-lactam (4-membered cyclic amide) rings is 1. The molecule has 0 saturated carbocycles. The predicted molar refractivity (Wildman–Crippen MR) is 144 cm³/mol. The maximum Gasteiger partial charge on any atom is 0.356 e. The molecule has 184 valence electrons. The van der Waals surface area contributed by atoms with Crippen molar-refractivity contribution in [3.05, 3.63) is 113 Å². The molecule has 2 unspecified atom stereocenters. The number of rotatable bonds is 6. The molecular weight excluding hydrogens is 504 g/mol. The Morgan fingerprint density at radius 2 is 1.65 bits per heavy atom. The molecule has 4 aromatic rings. The molecule has 7 nitrogen and oxygen atoms in total. The number of thioether (sulfide) groups is 1. The molecule has 4 heterocycles. The number of fused-ring (bicyclic) bond motifs is 1. The van der Waals surface area contributed by atoms with Crippen molar-refractivity contribution >= 4 is 40.5 Å². The van der Waals surface area contributed by atoms with Gasteiger partial charge in [-0.2, -0.15) is 0 Å². The van der Waals surface area contributed by atoms with Crippen molar-refractivity contribution in [1.82, 2.24) is 14.9 Å². The lowest BCUT2D eigenvalue weighted by atomic mass is 10.0. The van der Waals surface area contributed by atoms with Gasteiger partial charge in [-0.25, -0.2) is 9.78 Å². The number of hydrogen-bond acceptors (Lipinski definition) is 8. The monoisotopic (exact) mass is 526 g/mol. The average molecular weight is 527 g/mol. The molecule has 37 heavy (non-hydrogen) atoms. The second kappa shape index (κ2) is 9.93. The summed E-state index contributed by atoms with van der Waals surface area (Å²) in [6.45, 7) is 0. The first-order valence-corrected chi connectivity index (χ1v) is 13.6. The van der Waals surface area contributed by atoms with E-state index in [4.69, 9.17) is 10.5 Å². The molecule has 2 N–H and O–H groups in total. The molecular formula is C28H22N4O3S2. The van der Waals surface area contributed by atoms with E-state index in [1.165, 1.54) is 16.2 Å². The third-order valence-electron chi connectivity index (χ3n) is 6.36. The molecule has 1 amide bonds. The summed E-state index contributed by atoms with van der Waals surface area (Å²) in [5.74, 6) is -0.320. The molecule has 9 heteroatoms. The van der Waals surface area contributed by atoms with Crippen LogP contribution in [0.1, 0.15) is 22.1 Å². The number of pyridine rings is 1. The predicted octanol–water partition coefficient (Wildman–Crippen LogP) is 4.49. The number of nitrogens with two attached hydrogens (primary N) is 1. The molecule has 0 bridgehead atoms. The summed E-state index contributed by atoms with van der Waals surface area (Å²) in [4.78, 5) is 37.7. The molecule has 0 aliphatic carbocycles. The lowest BCUT2D eigenvalue weighted by Gasteiger charge is -2.48. The lowest BCUT2D eigenvalue weighted by molar-refractivity contribution is -0.152. The zero-order valence-electron chi connectivity index (χ0n) is 19.6. The van der Waals surface area contributed by atoms with Gasteiger partial charge in [0.2, 0.25) is 5.91 Å². The van der Waals surface area contributed by atoms with E-state index < -0.39 is 18.1 Å². The summed E-state index contributed by atoms with van der Waals surface area (Å²) in [7, 11) is 0. The molecule has 2 aromatic heterocycles. The van der Waals surface area contributed by atoms with E-state index in [-0.39, 0.29) is 17.0 Å². The van der Waals surface area contributed by atoms with Crippen LogP contribution in [0.4, 0.5) is 0 Å². The van der Waals surface area contributed by atoms with Crippen LogP contribution >= 0.6 is 23.1 Å². The van der Waals surface area contributed by atoms with Crippen molar-refractivity contribution in [2.75, 3.05) is 5.75 Å². The van der Waals surface area contributed by atoms with E-state index in [0.717, 1.165) is 32.1 Å². The minimum absolute atomic E-state index is 0.247. The number of carbonyl (C=O) groups is 2. The summed E-state index contributed by atoms with van der Waals surface area (Å²) in [5.41, 5.74) is 9.68. The number of hydrogen-bond donors (Lipinski definition) is 1. The summed E-state index contributed by atoms with van der Waals surface area (Å²) in [6, 6.07) is 22.3. The number of thiazole rings is 1. The van der Waals surface area contributed by atoms with Crippen molar-refractivity contribution in [2.24, 2.45) is 5.73 Å². The van der Waals surface area contributed by atoms with Crippen LogP contribution in [-0.4, -0.2) is 43.9 Å². The molecule has 2 aliphatic heterocycles. The third-order valence-corrected chi connectivity index (χ3v) is 8.77. The maximum absolute atomic E-state index is 13.9. The molecule has 2 aromatic carbocycles. The highest BCUT2D eigenvalue weighted by Crippen LogP contribution is 2.45. The number of esters is 1. The molecule has 2 atom stereocenters. The number of nitrogens with zero attached hydrogens (tertiary/aromatic N) is 3. The van der Waals surface area contributed by atoms with E-state index in [1.807, 2.05) is 72.8 Å². The molecule has 0 radical (unpaired) electrons. The Balaban J connectivity index is 1.41. The standard InChI is InChI=1S/C28H22N4O3S2/c29-22-26(33)32-23(28(34)35-24(17-7-3-1-4-8-17)18-9-5-2-6-10-18)20(16-36-27(22)32)21-15-31-25(37-21)19-11-13-30-14-12-19/h1-15,22,24,27H,16,29H2. The Kier molecular flexibility index (Phi) is 6.33. The van der Waals surface area contributed by atoms with Crippen LogP contribution in [0.5, 0.6) is 0 Å². The normalized spacial score (nSPS) is 19.0. The second-order valence-corrected chi connectivity index (χ2v) is 10.8. The minimum Gasteiger partial charge on any atom is -0.448 e. The first-order valence-electron chi connectivity index (χ1n) is 11.7. The van der Waals surface area contributed by atoms with Gasteiger partial charge in [-0.3, -0.25) is 14.7 Å². The Morgan fingerprint density at radius 3 is 2.30 bits per heavy atom. The van der Waals surface area contributed by atoms with E-state index in [0.29, 0.717) is 5.75 Å². The topological polar surface area (TPSA) is 98.4 Å². The smallest absolute Gasteiger partial charge is 0.356 e. The van der Waals surface area contributed by atoms with Crippen molar-refractivity contribution in [1.29, 1.82) is 0 Å². The van der Waals surface area contributed by atoms with Gasteiger partial charge in [0.1, 0.15) is 22.1 Å². The Bertz CT molecular complexity index is 1440. The van der Waals surface area contributed by atoms with Gasteiger partial charge >= 0.3 is 5.97 Å². The highest BCUT2D eigenvalue weighted by molar-refractivity contribution is 8.00. The second-order valence-electron chi connectivity index (χ2n) is 8.64. The van der Waals surface area contributed by atoms with Gasteiger partial charge in [0.15, 0.2) is 6.10 Å². The van der Waals surface area contributed by atoms with Crippen LogP contribution in [0.15, 0.2) is 97.1 Å². The van der Waals surface area contributed by atoms with Crippen molar-refractivity contribution < 1.29 is 14.3 Å². The SMILES string of the molecule is NC1C(=O)N2C(C(=O)OC(c3ccccc3)c3ccccc3)=C(c3cnc(-c4ccncc4)s3)CSC12. The summed E-state index contributed by atoms with van der Waals surface area (Å²) in [6.07, 6.45) is 4.55. The summed E-state index contributed by atoms with van der Waals surface area (Å²) < 4.78 is 6.18. The van der Waals surface area contributed by atoms with Crippen molar-refractivity contribution in [2.45, 2.75) is 17.5 Å². The Labute approximate surface area is 222 Å². The first kappa shape index (κ1) is 23.6. The zero-order chi connectivity index (χ0) is 25.4. The van der Waals surface area contributed by atoms with Crippen molar-refractivity contribution in [3.63, 3.8) is 0 Å².